The van der Waals surface area contributed by atoms with Gasteiger partial charge < -0.3 is 5.32 Å². The molecule has 2 saturated carbocycles. The van der Waals surface area contributed by atoms with Gasteiger partial charge in [0.15, 0.2) is 0 Å². The largest absolute Gasteiger partial charge is 0.310 e. The average molecular weight is 361 g/mol. The van der Waals surface area contributed by atoms with Crippen LogP contribution in [0.2, 0.25) is 5.02 Å². The van der Waals surface area contributed by atoms with Gasteiger partial charge in [0.1, 0.15) is 5.82 Å². The molecule has 4 heteroatoms. The molecule has 4 unspecified atom stereocenters. The Morgan fingerprint density at radius 2 is 2.20 bits per heavy atom. The normalized spacial score (nSPS) is 29.9. The predicted molar refractivity (Wildman–Crippen MR) is 84.5 cm³/mol. The minimum absolute atomic E-state index is 0.0981. The molecule has 0 aliphatic heterocycles. The van der Waals surface area contributed by atoms with E-state index in [9.17, 15) is 4.39 Å². The van der Waals surface area contributed by atoms with Crippen molar-refractivity contribution in [2.45, 2.75) is 38.6 Å². The van der Waals surface area contributed by atoms with Crippen LogP contribution < -0.4 is 5.32 Å². The molecule has 1 N–H and O–H groups in total. The first kappa shape index (κ1) is 14.8. The fourth-order valence-corrected chi connectivity index (χ4v) is 4.67. The molecule has 3 rings (SSSR count). The molecule has 0 spiro atoms. The van der Waals surface area contributed by atoms with Crippen molar-refractivity contribution < 1.29 is 4.39 Å². The molecule has 110 valence electrons. The zero-order valence-electron chi connectivity index (χ0n) is 11.6. The summed E-state index contributed by atoms with van der Waals surface area (Å²) in [6, 6.07) is 3.84. The molecule has 0 aromatic heterocycles. The van der Waals surface area contributed by atoms with E-state index < -0.39 is 0 Å². The molecule has 2 bridgehead atoms. The first-order chi connectivity index (χ1) is 9.61. The third-order valence-corrected chi connectivity index (χ3v) is 6.30. The van der Waals surface area contributed by atoms with E-state index in [1.165, 1.54) is 25.7 Å². The zero-order valence-corrected chi connectivity index (χ0v) is 14.0. The molecule has 0 saturated heterocycles. The number of benzene rings is 1. The lowest BCUT2D eigenvalue weighted by Crippen LogP contribution is -2.32. The summed E-state index contributed by atoms with van der Waals surface area (Å²) in [6.45, 7) is 2.93. The summed E-state index contributed by atoms with van der Waals surface area (Å²) in [6.07, 6.45) is 5.24. The highest BCUT2D eigenvalue weighted by Crippen LogP contribution is 2.53. The Balaban J connectivity index is 1.93. The van der Waals surface area contributed by atoms with Crippen molar-refractivity contribution in [3.63, 3.8) is 0 Å². The van der Waals surface area contributed by atoms with E-state index in [4.69, 9.17) is 11.6 Å². The molecular formula is C16H20BrClFN. The minimum Gasteiger partial charge on any atom is -0.310 e. The van der Waals surface area contributed by atoms with Crippen LogP contribution in [0.25, 0.3) is 0 Å². The minimum atomic E-state index is -0.269. The highest BCUT2D eigenvalue weighted by molar-refractivity contribution is 9.10. The maximum atomic E-state index is 14.5. The molecule has 0 radical (unpaired) electrons. The van der Waals surface area contributed by atoms with Gasteiger partial charge in [-0.1, -0.05) is 31.0 Å². The molecule has 1 aromatic rings. The monoisotopic (exact) mass is 359 g/mol. The van der Waals surface area contributed by atoms with E-state index in [-0.39, 0.29) is 16.9 Å². The van der Waals surface area contributed by atoms with Gasteiger partial charge in [0, 0.05) is 16.1 Å². The first-order valence-electron chi connectivity index (χ1n) is 7.48. The molecular weight excluding hydrogens is 341 g/mol. The molecule has 0 amide bonds. The van der Waals surface area contributed by atoms with Crippen molar-refractivity contribution in [3.05, 3.63) is 33.0 Å². The third kappa shape index (κ3) is 2.53. The van der Waals surface area contributed by atoms with Crippen molar-refractivity contribution >= 4 is 27.5 Å². The number of halogens is 3. The summed E-state index contributed by atoms with van der Waals surface area (Å²) >= 11 is 9.36. The number of nitrogens with one attached hydrogen (secondary N) is 1. The van der Waals surface area contributed by atoms with Gasteiger partial charge in [0.2, 0.25) is 0 Å². The molecule has 1 nitrogen and oxygen atoms in total. The second kappa shape index (κ2) is 5.94. The maximum absolute atomic E-state index is 14.5. The van der Waals surface area contributed by atoms with Gasteiger partial charge in [0.25, 0.3) is 0 Å². The van der Waals surface area contributed by atoms with Crippen LogP contribution in [0.5, 0.6) is 0 Å². The Morgan fingerprint density at radius 1 is 1.40 bits per heavy atom. The van der Waals surface area contributed by atoms with E-state index in [1.807, 2.05) is 12.1 Å². The van der Waals surface area contributed by atoms with Crippen molar-refractivity contribution in [1.29, 1.82) is 0 Å². The van der Waals surface area contributed by atoms with Crippen molar-refractivity contribution in [3.8, 4) is 0 Å². The Bertz CT molecular complexity index is 507. The van der Waals surface area contributed by atoms with Crippen molar-refractivity contribution in [2.75, 3.05) is 6.54 Å². The van der Waals surface area contributed by atoms with Crippen LogP contribution in [0.15, 0.2) is 16.6 Å². The van der Waals surface area contributed by atoms with Crippen LogP contribution >= 0.6 is 27.5 Å². The van der Waals surface area contributed by atoms with Crippen molar-refractivity contribution in [1.82, 2.24) is 5.32 Å². The predicted octanol–water partition coefficient (Wildman–Crippen LogP) is 5.33. The first-order valence-corrected chi connectivity index (χ1v) is 8.65. The van der Waals surface area contributed by atoms with E-state index in [0.717, 1.165) is 23.9 Å². The maximum Gasteiger partial charge on any atom is 0.147 e. The lowest BCUT2D eigenvalue weighted by molar-refractivity contribution is 0.249. The highest BCUT2D eigenvalue weighted by atomic mass is 79.9. The summed E-state index contributed by atoms with van der Waals surface area (Å²) in [7, 11) is 0. The molecule has 4 atom stereocenters. The summed E-state index contributed by atoms with van der Waals surface area (Å²) in [4.78, 5) is 0. The van der Waals surface area contributed by atoms with Gasteiger partial charge in [-0.25, -0.2) is 4.39 Å². The molecule has 1 aromatic carbocycles. The standard InChI is InChI=1S/C16H20BrClFN/c1-2-20-16(12-8-9-3-4-10(12)7-9)11-5-6-13(17)14(18)15(11)19/h5-6,9-10,12,16,20H,2-4,7-8H2,1H3. The van der Waals surface area contributed by atoms with Crippen LogP contribution in [0.3, 0.4) is 0 Å². The number of hydrogen-bond donors (Lipinski definition) is 1. The molecule has 20 heavy (non-hydrogen) atoms. The zero-order chi connectivity index (χ0) is 14.3. The number of rotatable bonds is 4. The van der Waals surface area contributed by atoms with Gasteiger partial charge >= 0.3 is 0 Å². The van der Waals surface area contributed by atoms with Gasteiger partial charge in [0.05, 0.1) is 5.02 Å². The number of hydrogen-bond acceptors (Lipinski definition) is 1. The topological polar surface area (TPSA) is 12.0 Å². The SMILES string of the molecule is CCNC(c1ccc(Br)c(Cl)c1F)C1CC2CCC1C2. The van der Waals surface area contributed by atoms with Crippen LogP contribution in [0.4, 0.5) is 4.39 Å². The van der Waals surface area contributed by atoms with Crippen LogP contribution in [-0.2, 0) is 0 Å². The highest BCUT2D eigenvalue weighted by Gasteiger charge is 2.43. The molecule has 2 fully saturated rings. The summed E-state index contributed by atoms with van der Waals surface area (Å²) in [5.74, 6) is 1.90. The van der Waals surface area contributed by atoms with Gasteiger partial charge in [-0.3, -0.25) is 0 Å². The lowest BCUT2D eigenvalue weighted by Gasteiger charge is -2.32. The van der Waals surface area contributed by atoms with E-state index in [2.05, 4.69) is 28.2 Å². The molecule has 0 heterocycles. The third-order valence-electron chi connectivity index (χ3n) is 5.05. The van der Waals surface area contributed by atoms with Gasteiger partial charge in [-0.2, -0.15) is 0 Å². The molecule has 2 aliphatic rings. The number of fused-ring (bicyclic) bond motifs is 2. The molecule has 2 aliphatic carbocycles. The Hall–Kier alpha value is -0.120. The quantitative estimate of drug-likeness (QED) is 0.716. The van der Waals surface area contributed by atoms with E-state index in [1.54, 1.807) is 0 Å². The van der Waals surface area contributed by atoms with Gasteiger partial charge in [-0.15, -0.1) is 0 Å². The summed E-state index contributed by atoms with van der Waals surface area (Å²) in [5, 5.41) is 3.70. The van der Waals surface area contributed by atoms with Crippen LogP contribution in [0.1, 0.15) is 44.2 Å². The summed E-state index contributed by atoms with van der Waals surface area (Å²) < 4.78 is 15.2. The summed E-state index contributed by atoms with van der Waals surface area (Å²) in [5.41, 5.74) is 0.734. The second-order valence-corrected chi connectivity index (χ2v) is 7.37. The van der Waals surface area contributed by atoms with Crippen molar-refractivity contribution in [2.24, 2.45) is 17.8 Å². The smallest absolute Gasteiger partial charge is 0.147 e. The second-order valence-electron chi connectivity index (χ2n) is 6.14. The Morgan fingerprint density at radius 3 is 2.80 bits per heavy atom. The van der Waals surface area contributed by atoms with Crippen LogP contribution in [-0.4, -0.2) is 6.54 Å². The average Bonchev–Trinajstić information content (AvgIpc) is 3.06. The van der Waals surface area contributed by atoms with E-state index in [0.29, 0.717) is 10.4 Å². The Labute approximate surface area is 133 Å². The van der Waals surface area contributed by atoms with Crippen LogP contribution in [0, 0.1) is 23.6 Å². The lowest BCUT2D eigenvalue weighted by atomic mass is 9.80. The fourth-order valence-electron chi connectivity index (χ4n) is 4.20. The Kier molecular flexibility index (Phi) is 4.40. The van der Waals surface area contributed by atoms with E-state index >= 15 is 0 Å². The van der Waals surface area contributed by atoms with Gasteiger partial charge in [-0.05, 0) is 65.6 Å². The fraction of sp³-hybridized carbons (Fsp3) is 0.625.